The van der Waals surface area contributed by atoms with E-state index in [1.807, 2.05) is 18.9 Å². The number of carbonyl (C=O) groups excluding carboxylic acids is 1. The summed E-state index contributed by atoms with van der Waals surface area (Å²) in [5, 5.41) is 9.24. The number of hydrogen-bond donors (Lipinski definition) is 1. The number of likely N-dealkylation sites (tertiary alicyclic amines) is 1. The van der Waals surface area contributed by atoms with Crippen molar-refractivity contribution in [2.24, 2.45) is 0 Å². The molecule has 0 spiro atoms. The molecule has 0 saturated carbocycles. The fraction of sp³-hybridized carbons (Fsp3) is 0.846. The number of rotatable bonds is 1. The summed E-state index contributed by atoms with van der Waals surface area (Å²) >= 11 is 0. The molecule has 6 heteroatoms. The molecule has 2 heterocycles. The molecule has 3 atom stereocenters. The second-order valence-corrected chi connectivity index (χ2v) is 5.75. The van der Waals surface area contributed by atoms with E-state index in [1.54, 1.807) is 0 Å². The summed E-state index contributed by atoms with van der Waals surface area (Å²) < 4.78 is 0. The number of likely N-dealkylation sites (N-methyl/N-ethyl adjacent to an activating group) is 1. The number of hydrogen-bond acceptors (Lipinski definition) is 3. The monoisotopic (exact) mass is 269 g/mol. The average Bonchev–Trinajstić information content (AvgIpc) is 2.74. The lowest BCUT2D eigenvalue weighted by Crippen LogP contribution is -2.57. The largest absolute Gasteiger partial charge is 0.465 e. The first-order valence-electron chi connectivity index (χ1n) is 6.92. The first-order valence-corrected chi connectivity index (χ1v) is 6.92. The summed E-state index contributed by atoms with van der Waals surface area (Å²) in [4.78, 5) is 29.2. The Hall–Kier alpha value is -1.30. The van der Waals surface area contributed by atoms with Crippen LogP contribution in [0.15, 0.2) is 0 Å². The number of carbonyl (C=O) groups is 2. The lowest BCUT2D eigenvalue weighted by atomic mass is 10.1. The lowest BCUT2D eigenvalue weighted by molar-refractivity contribution is -0.138. The molecule has 2 aliphatic rings. The van der Waals surface area contributed by atoms with Crippen LogP contribution in [-0.2, 0) is 4.79 Å². The predicted molar refractivity (Wildman–Crippen MR) is 71.0 cm³/mol. The Balaban J connectivity index is 2.05. The van der Waals surface area contributed by atoms with Gasteiger partial charge in [0.1, 0.15) is 6.04 Å². The van der Waals surface area contributed by atoms with Gasteiger partial charge in [0, 0.05) is 31.7 Å². The van der Waals surface area contributed by atoms with Crippen molar-refractivity contribution in [3.05, 3.63) is 0 Å². The molecule has 108 valence electrons. The molecule has 0 aromatic rings. The first-order chi connectivity index (χ1) is 8.91. The third kappa shape index (κ3) is 2.68. The minimum absolute atomic E-state index is 0.0216. The van der Waals surface area contributed by atoms with Crippen molar-refractivity contribution in [1.82, 2.24) is 14.7 Å². The van der Waals surface area contributed by atoms with Crippen molar-refractivity contribution < 1.29 is 14.7 Å². The zero-order valence-electron chi connectivity index (χ0n) is 11.9. The van der Waals surface area contributed by atoms with Crippen molar-refractivity contribution in [1.29, 1.82) is 0 Å². The fourth-order valence-corrected chi connectivity index (χ4v) is 3.01. The van der Waals surface area contributed by atoms with Gasteiger partial charge in [-0.3, -0.25) is 9.69 Å². The zero-order valence-corrected chi connectivity index (χ0v) is 11.9. The van der Waals surface area contributed by atoms with Crippen molar-refractivity contribution in [2.45, 2.75) is 44.8 Å². The van der Waals surface area contributed by atoms with Gasteiger partial charge < -0.3 is 14.9 Å². The molecule has 19 heavy (non-hydrogen) atoms. The van der Waals surface area contributed by atoms with E-state index in [0.29, 0.717) is 25.6 Å². The van der Waals surface area contributed by atoms with E-state index in [0.717, 1.165) is 13.0 Å². The summed E-state index contributed by atoms with van der Waals surface area (Å²) in [6, 6.07) is -0.214. The van der Waals surface area contributed by atoms with Gasteiger partial charge in [-0.25, -0.2) is 4.79 Å². The van der Waals surface area contributed by atoms with E-state index < -0.39 is 12.1 Å². The van der Waals surface area contributed by atoms with Gasteiger partial charge in [-0.15, -0.1) is 0 Å². The average molecular weight is 269 g/mol. The molecule has 0 unspecified atom stereocenters. The molecule has 0 aliphatic carbocycles. The van der Waals surface area contributed by atoms with Gasteiger partial charge in [0.05, 0.1) is 0 Å². The van der Waals surface area contributed by atoms with Crippen LogP contribution < -0.4 is 0 Å². The Morgan fingerprint density at radius 1 is 1.11 bits per heavy atom. The minimum Gasteiger partial charge on any atom is -0.465 e. The van der Waals surface area contributed by atoms with E-state index in [4.69, 9.17) is 0 Å². The lowest BCUT2D eigenvalue weighted by Gasteiger charge is -2.39. The van der Waals surface area contributed by atoms with Crippen LogP contribution in [-0.4, -0.2) is 76.6 Å². The van der Waals surface area contributed by atoms with Crippen LogP contribution in [0, 0.1) is 0 Å². The quantitative estimate of drug-likeness (QED) is 0.760. The van der Waals surface area contributed by atoms with Gasteiger partial charge in [-0.05, 0) is 33.7 Å². The minimum atomic E-state index is -0.981. The third-order valence-electron chi connectivity index (χ3n) is 4.45. The maximum absolute atomic E-state index is 12.5. The molecule has 0 aromatic carbocycles. The van der Waals surface area contributed by atoms with E-state index in [-0.39, 0.29) is 11.9 Å². The van der Waals surface area contributed by atoms with Crippen molar-refractivity contribution in [3.63, 3.8) is 0 Å². The molecular weight excluding hydrogens is 246 g/mol. The Kier molecular flexibility index (Phi) is 3.99. The van der Waals surface area contributed by atoms with Crippen LogP contribution in [0.2, 0.25) is 0 Å². The Morgan fingerprint density at radius 3 is 2.37 bits per heavy atom. The fourth-order valence-electron chi connectivity index (χ4n) is 3.01. The highest BCUT2D eigenvalue weighted by atomic mass is 16.4. The molecular formula is C13H23N3O3. The Labute approximate surface area is 114 Å². The van der Waals surface area contributed by atoms with Gasteiger partial charge in [-0.2, -0.15) is 0 Å². The second kappa shape index (κ2) is 5.36. The first kappa shape index (κ1) is 14.1. The smallest absolute Gasteiger partial charge is 0.408 e. The second-order valence-electron chi connectivity index (χ2n) is 5.75. The Morgan fingerprint density at radius 2 is 1.79 bits per heavy atom. The molecule has 2 rings (SSSR count). The molecule has 6 nitrogen and oxygen atoms in total. The van der Waals surface area contributed by atoms with Gasteiger partial charge >= 0.3 is 6.09 Å². The standard InChI is InChI=1S/C13H23N3O3/c1-9-4-5-11(16(9)13(18)19)12(17)15-7-6-14(3)10(2)8-15/h9-11H,4-8H2,1-3H3,(H,18,19)/t9-,10-,11+/m1/s1. The third-order valence-corrected chi connectivity index (χ3v) is 4.45. The van der Waals surface area contributed by atoms with E-state index >= 15 is 0 Å². The van der Waals surface area contributed by atoms with Crippen molar-refractivity contribution >= 4 is 12.0 Å². The van der Waals surface area contributed by atoms with Crippen molar-refractivity contribution in [3.8, 4) is 0 Å². The topological polar surface area (TPSA) is 64.1 Å². The maximum Gasteiger partial charge on any atom is 0.408 e. The molecule has 2 amide bonds. The molecule has 0 radical (unpaired) electrons. The van der Waals surface area contributed by atoms with Crippen LogP contribution in [0.5, 0.6) is 0 Å². The van der Waals surface area contributed by atoms with E-state index in [2.05, 4.69) is 11.8 Å². The number of carboxylic acid groups (broad SMARTS) is 1. The van der Waals surface area contributed by atoms with Crippen LogP contribution in [0.3, 0.4) is 0 Å². The number of nitrogens with zero attached hydrogens (tertiary/aromatic N) is 3. The summed E-state index contributed by atoms with van der Waals surface area (Å²) in [6.45, 7) is 6.19. The predicted octanol–water partition coefficient (Wildman–Crippen LogP) is 0.680. The van der Waals surface area contributed by atoms with Gasteiger partial charge in [0.25, 0.3) is 0 Å². The molecule has 0 bridgehead atoms. The summed E-state index contributed by atoms with van der Waals surface area (Å²) in [7, 11) is 2.05. The molecule has 2 fully saturated rings. The van der Waals surface area contributed by atoms with Crippen LogP contribution in [0.25, 0.3) is 0 Å². The van der Waals surface area contributed by atoms with Crippen molar-refractivity contribution in [2.75, 3.05) is 26.7 Å². The zero-order chi connectivity index (χ0) is 14.2. The summed E-state index contributed by atoms with van der Waals surface area (Å²) in [6.07, 6.45) is 0.435. The normalized spacial score (nSPS) is 32.7. The highest BCUT2D eigenvalue weighted by Gasteiger charge is 2.41. The Bertz CT molecular complexity index is 374. The van der Waals surface area contributed by atoms with Crippen LogP contribution in [0.1, 0.15) is 26.7 Å². The van der Waals surface area contributed by atoms with Gasteiger partial charge in [0.15, 0.2) is 0 Å². The number of piperazine rings is 1. The maximum atomic E-state index is 12.5. The number of amides is 2. The highest BCUT2D eigenvalue weighted by molar-refractivity contribution is 5.86. The SMILES string of the molecule is C[C@@H]1CN(C(=O)[C@@H]2CC[C@@H](C)N2C(=O)O)CCN1C. The van der Waals surface area contributed by atoms with E-state index in [9.17, 15) is 14.7 Å². The highest BCUT2D eigenvalue weighted by Crippen LogP contribution is 2.26. The summed E-state index contributed by atoms with van der Waals surface area (Å²) in [5.41, 5.74) is 0. The molecule has 2 saturated heterocycles. The molecule has 0 aromatic heterocycles. The molecule has 2 aliphatic heterocycles. The van der Waals surface area contributed by atoms with Gasteiger partial charge in [-0.1, -0.05) is 0 Å². The van der Waals surface area contributed by atoms with Gasteiger partial charge in [0.2, 0.25) is 5.91 Å². The molecule has 1 N–H and O–H groups in total. The van der Waals surface area contributed by atoms with E-state index in [1.165, 1.54) is 4.90 Å². The summed E-state index contributed by atoms with van der Waals surface area (Å²) in [5.74, 6) is -0.0216. The van der Waals surface area contributed by atoms with Crippen LogP contribution in [0.4, 0.5) is 4.79 Å². The van der Waals surface area contributed by atoms with Crippen LogP contribution >= 0.6 is 0 Å².